The molecule has 4 fully saturated rings. The van der Waals surface area contributed by atoms with Crippen LogP contribution in [0.15, 0.2) is 23.8 Å². The van der Waals surface area contributed by atoms with Gasteiger partial charge in [0.15, 0.2) is 12.1 Å². The van der Waals surface area contributed by atoms with Gasteiger partial charge in [-0.1, -0.05) is 18.6 Å². The molecule has 3 heteroatoms. The van der Waals surface area contributed by atoms with Gasteiger partial charge in [0.25, 0.3) is 0 Å². The first-order valence-corrected chi connectivity index (χ1v) is 10.3. The molecule has 6 rings (SSSR count). The van der Waals surface area contributed by atoms with E-state index in [0.717, 1.165) is 42.9 Å². The molecular formula is C22H28O3. The summed E-state index contributed by atoms with van der Waals surface area (Å²) in [6, 6.07) is 0. The summed E-state index contributed by atoms with van der Waals surface area (Å²) in [5.41, 5.74) is 1.47. The first kappa shape index (κ1) is 15.2. The van der Waals surface area contributed by atoms with Crippen LogP contribution in [0.4, 0.5) is 0 Å². The minimum atomic E-state index is -0.716. The minimum absolute atomic E-state index is 0.168. The van der Waals surface area contributed by atoms with E-state index in [0.29, 0.717) is 17.6 Å². The molecule has 4 saturated carbocycles. The smallest absolute Gasteiger partial charge is 0.175 e. The summed E-state index contributed by atoms with van der Waals surface area (Å²) in [6.45, 7) is 2.44. The predicted octanol–water partition coefficient (Wildman–Crippen LogP) is 3.63. The van der Waals surface area contributed by atoms with Gasteiger partial charge in [0.05, 0.1) is 5.60 Å². The summed E-state index contributed by atoms with van der Waals surface area (Å²) in [6.07, 6.45) is 13.3. The first-order chi connectivity index (χ1) is 12.0. The topological polar surface area (TPSA) is 46.5 Å². The van der Waals surface area contributed by atoms with Crippen LogP contribution in [0.25, 0.3) is 0 Å². The lowest BCUT2D eigenvalue weighted by atomic mass is 9.50. The number of carbonyl (C=O) groups is 1. The Kier molecular flexibility index (Phi) is 2.83. The van der Waals surface area contributed by atoms with E-state index in [9.17, 15) is 9.90 Å². The van der Waals surface area contributed by atoms with Gasteiger partial charge in [-0.15, -0.1) is 0 Å². The molecule has 25 heavy (non-hydrogen) atoms. The number of rotatable bonds is 0. The maximum absolute atomic E-state index is 12.0. The van der Waals surface area contributed by atoms with E-state index in [1.807, 2.05) is 12.2 Å². The van der Waals surface area contributed by atoms with Crippen molar-refractivity contribution in [2.24, 2.45) is 40.9 Å². The van der Waals surface area contributed by atoms with Crippen molar-refractivity contribution < 1.29 is 14.6 Å². The van der Waals surface area contributed by atoms with E-state index in [4.69, 9.17) is 4.74 Å². The van der Waals surface area contributed by atoms with Crippen LogP contribution in [-0.2, 0) is 9.53 Å². The lowest BCUT2D eigenvalue weighted by Crippen LogP contribution is -2.53. The van der Waals surface area contributed by atoms with Gasteiger partial charge in [-0.25, -0.2) is 0 Å². The largest absolute Gasteiger partial charge is 0.365 e. The molecular weight excluding hydrogens is 312 g/mol. The highest BCUT2D eigenvalue weighted by Gasteiger charge is 2.68. The third-order valence-corrected chi connectivity index (χ3v) is 9.17. The Morgan fingerprint density at radius 2 is 2.04 bits per heavy atom. The lowest BCUT2D eigenvalue weighted by molar-refractivity contribution is -0.181. The van der Waals surface area contributed by atoms with Crippen LogP contribution in [0.2, 0.25) is 0 Å². The average Bonchev–Trinajstić information content (AvgIpc) is 3.23. The lowest BCUT2D eigenvalue weighted by Gasteiger charge is -2.55. The van der Waals surface area contributed by atoms with E-state index in [1.165, 1.54) is 31.3 Å². The number of ether oxygens (including phenoxy) is 1. The van der Waals surface area contributed by atoms with Crippen molar-refractivity contribution in [3.05, 3.63) is 23.8 Å². The molecule has 3 nitrogen and oxygen atoms in total. The van der Waals surface area contributed by atoms with Crippen LogP contribution < -0.4 is 0 Å². The highest BCUT2D eigenvalue weighted by Crippen LogP contribution is 2.72. The molecule has 4 unspecified atom stereocenters. The Balaban J connectivity index is 1.38. The third-order valence-electron chi connectivity index (χ3n) is 9.17. The molecule has 134 valence electrons. The molecule has 0 saturated heterocycles. The summed E-state index contributed by atoms with van der Waals surface area (Å²) < 4.78 is 6.12. The highest BCUT2D eigenvalue weighted by atomic mass is 16.6. The molecule has 0 amide bonds. The zero-order chi connectivity index (χ0) is 17.0. The second-order valence-corrected chi connectivity index (χ2v) is 9.86. The number of carbonyl (C=O) groups excluding carboxylic acids is 1. The van der Waals surface area contributed by atoms with Gasteiger partial charge in [-0.2, -0.15) is 0 Å². The molecule has 9 atom stereocenters. The van der Waals surface area contributed by atoms with Crippen LogP contribution in [0.1, 0.15) is 51.9 Å². The molecule has 1 heterocycles. The second kappa shape index (κ2) is 4.67. The number of fused-ring (bicyclic) bond motifs is 9. The number of ketones is 1. The summed E-state index contributed by atoms with van der Waals surface area (Å²) in [5.74, 6) is 4.89. The Bertz CT molecular complexity index is 708. The van der Waals surface area contributed by atoms with Gasteiger partial charge >= 0.3 is 0 Å². The number of allylic oxidation sites excluding steroid dienone is 1. The molecule has 0 bridgehead atoms. The summed E-state index contributed by atoms with van der Waals surface area (Å²) >= 11 is 0. The number of aliphatic hydroxyl groups is 1. The Morgan fingerprint density at radius 1 is 1.16 bits per heavy atom. The third kappa shape index (κ3) is 1.77. The molecule has 5 aliphatic carbocycles. The molecule has 6 aliphatic rings. The van der Waals surface area contributed by atoms with E-state index < -0.39 is 6.29 Å². The van der Waals surface area contributed by atoms with Crippen molar-refractivity contribution in [2.75, 3.05) is 0 Å². The maximum atomic E-state index is 12.0. The van der Waals surface area contributed by atoms with E-state index in [2.05, 4.69) is 13.0 Å². The van der Waals surface area contributed by atoms with Crippen molar-refractivity contribution in [1.29, 1.82) is 0 Å². The van der Waals surface area contributed by atoms with Gasteiger partial charge in [-0.3, -0.25) is 4.79 Å². The molecule has 0 aromatic carbocycles. The highest BCUT2D eigenvalue weighted by molar-refractivity contribution is 5.91. The first-order valence-electron chi connectivity index (χ1n) is 10.3. The van der Waals surface area contributed by atoms with Crippen molar-refractivity contribution in [2.45, 2.75) is 63.8 Å². The van der Waals surface area contributed by atoms with Crippen LogP contribution >= 0.6 is 0 Å². The Labute approximate surface area is 149 Å². The molecule has 0 aromatic heterocycles. The van der Waals surface area contributed by atoms with Crippen molar-refractivity contribution in [3.8, 4) is 0 Å². The number of hydrogen-bond acceptors (Lipinski definition) is 3. The second-order valence-electron chi connectivity index (χ2n) is 9.86. The van der Waals surface area contributed by atoms with Crippen LogP contribution in [0.5, 0.6) is 0 Å². The van der Waals surface area contributed by atoms with Crippen LogP contribution in [-0.4, -0.2) is 22.8 Å². The fourth-order valence-electron chi connectivity index (χ4n) is 8.04. The summed E-state index contributed by atoms with van der Waals surface area (Å²) in [7, 11) is 0. The van der Waals surface area contributed by atoms with Gasteiger partial charge in [0, 0.05) is 11.8 Å². The number of hydrogen-bond donors (Lipinski definition) is 1. The number of aliphatic hydroxyl groups excluding tert-OH is 1. The summed E-state index contributed by atoms with van der Waals surface area (Å²) in [5, 5.41) is 9.98. The minimum Gasteiger partial charge on any atom is -0.365 e. The molecule has 1 spiro atoms. The predicted molar refractivity (Wildman–Crippen MR) is 93.4 cm³/mol. The van der Waals surface area contributed by atoms with E-state index >= 15 is 0 Å². The summed E-state index contributed by atoms with van der Waals surface area (Å²) in [4.78, 5) is 12.0. The fraction of sp³-hybridized carbons (Fsp3) is 0.773. The van der Waals surface area contributed by atoms with Gasteiger partial charge in [-0.05, 0) is 86.2 Å². The monoisotopic (exact) mass is 340 g/mol. The van der Waals surface area contributed by atoms with Crippen LogP contribution in [0, 0.1) is 40.9 Å². The molecule has 1 N–H and O–H groups in total. The quantitative estimate of drug-likeness (QED) is 0.685. The molecule has 0 aromatic rings. The normalized spacial score (nSPS) is 58.4. The van der Waals surface area contributed by atoms with Crippen molar-refractivity contribution >= 4 is 5.78 Å². The zero-order valence-electron chi connectivity index (χ0n) is 15.0. The average molecular weight is 340 g/mol. The van der Waals surface area contributed by atoms with E-state index in [1.54, 1.807) is 0 Å². The fourth-order valence-corrected chi connectivity index (χ4v) is 8.04. The molecule has 1 aliphatic heterocycles. The Morgan fingerprint density at radius 3 is 2.84 bits per heavy atom. The van der Waals surface area contributed by atoms with E-state index in [-0.39, 0.29) is 11.0 Å². The maximum Gasteiger partial charge on any atom is 0.175 e. The molecule has 0 radical (unpaired) electrons. The zero-order valence-corrected chi connectivity index (χ0v) is 15.0. The van der Waals surface area contributed by atoms with Crippen molar-refractivity contribution in [3.63, 3.8) is 0 Å². The van der Waals surface area contributed by atoms with Crippen LogP contribution in [0.3, 0.4) is 0 Å². The van der Waals surface area contributed by atoms with Gasteiger partial charge in [0.2, 0.25) is 0 Å². The standard InChI is InChI=1S/C22H28O3/c1-21-7-4-14-13-3-2-12(23)10-15(13)16-11-17(16)20(14)18(21)5-8-22(21)9-6-19(24)25-22/h6,9-10,13-14,16-20,24H,2-5,7-8,11H2,1H3/t13-,14?,16-,17-,18?,19?,20?,21+,22-/m1/s1. The SMILES string of the molecule is C[C@]12CCC3C(C1CC[C@@]21C=CC(O)O1)[C@@H]1C[C@@H]1C1=CC(=O)CC[C@@H]13. The van der Waals surface area contributed by atoms with Gasteiger partial charge in [0.1, 0.15) is 0 Å². The van der Waals surface area contributed by atoms with Gasteiger partial charge < -0.3 is 9.84 Å². The Hall–Kier alpha value is -0.930. The van der Waals surface area contributed by atoms with Crippen molar-refractivity contribution in [1.82, 2.24) is 0 Å².